The Labute approximate surface area is 98.8 Å². The lowest BCUT2D eigenvalue weighted by Gasteiger charge is -2.07. The van der Waals surface area contributed by atoms with Gasteiger partial charge in [-0.05, 0) is 65.1 Å². The number of benzene rings is 1. The Balaban J connectivity index is 2.79. The highest BCUT2D eigenvalue weighted by Gasteiger charge is 2.00. The van der Waals surface area contributed by atoms with Gasteiger partial charge in [0, 0.05) is 9.45 Å². The van der Waals surface area contributed by atoms with Crippen molar-refractivity contribution >= 4 is 34.2 Å². The van der Waals surface area contributed by atoms with E-state index in [1.54, 1.807) is 0 Å². The fraction of sp³-hybridized carbons (Fsp3) is 0.455. The number of hydrogen-bond acceptors (Lipinski definition) is 0. The van der Waals surface area contributed by atoms with Crippen molar-refractivity contribution in [3.05, 3.63) is 32.9 Å². The molecule has 1 aromatic rings. The van der Waals surface area contributed by atoms with Crippen LogP contribution in [0.3, 0.4) is 0 Å². The van der Waals surface area contributed by atoms with Gasteiger partial charge in [0.2, 0.25) is 0 Å². The zero-order valence-electron chi connectivity index (χ0n) is 7.82. The third-order valence-electron chi connectivity index (χ3n) is 2.13. The molecule has 1 rings (SSSR count). The van der Waals surface area contributed by atoms with Gasteiger partial charge in [-0.3, -0.25) is 0 Å². The van der Waals surface area contributed by atoms with Crippen molar-refractivity contribution in [3.8, 4) is 0 Å². The molecule has 0 radical (unpaired) electrons. The van der Waals surface area contributed by atoms with Crippen molar-refractivity contribution in [2.45, 2.75) is 26.2 Å². The zero-order chi connectivity index (χ0) is 9.68. The molecule has 0 N–H and O–H groups in total. The molecule has 1 aromatic carbocycles. The lowest BCUT2D eigenvalue weighted by atomic mass is 10.0. The first-order chi connectivity index (χ1) is 6.27. The molecule has 0 aromatic heterocycles. The van der Waals surface area contributed by atoms with Crippen molar-refractivity contribution < 1.29 is 0 Å². The summed E-state index contributed by atoms with van der Waals surface area (Å²) < 4.78 is 1.32. The smallest absolute Gasteiger partial charge is 0.0226 e. The quantitative estimate of drug-likeness (QED) is 0.582. The van der Waals surface area contributed by atoms with E-state index in [2.05, 4.69) is 47.7 Å². The van der Waals surface area contributed by atoms with E-state index >= 15 is 0 Å². The molecule has 0 spiro atoms. The maximum atomic E-state index is 5.68. The van der Waals surface area contributed by atoms with Crippen LogP contribution in [0.4, 0.5) is 0 Å². The van der Waals surface area contributed by atoms with Crippen LogP contribution in [-0.2, 0) is 12.8 Å². The fourth-order valence-electron chi connectivity index (χ4n) is 1.42. The van der Waals surface area contributed by atoms with Gasteiger partial charge < -0.3 is 0 Å². The highest BCUT2D eigenvalue weighted by molar-refractivity contribution is 14.1. The Morgan fingerprint density at radius 3 is 2.69 bits per heavy atom. The molecule has 72 valence electrons. The van der Waals surface area contributed by atoms with Crippen LogP contribution in [0.25, 0.3) is 0 Å². The summed E-state index contributed by atoms with van der Waals surface area (Å²) in [6.45, 7) is 2.20. The van der Waals surface area contributed by atoms with E-state index in [9.17, 15) is 0 Å². The van der Waals surface area contributed by atoms with Crippen molar-refractivity contribution in [1.29, 1.82) is 0 Å². The second-order valence-electron chi connectivity index (χ2n) is 3.06. The molecule has 0 aliphatic carbocycles. The summed E-state index contributed by atoms with van der Waals surface area (Å²) in [6.07, 6.45) is 3.31. The standard InChI is InChI=1S/C11H14ClI/c1-2-9-8-11(13)6-5-10(9)4-3-7-12/h5-6,8H,2-4,7H2,1H3. The van der Waals surface area contributed by atoms with Gasteiger partial charge in [0.05, 0.1) is 0 Å². The molecule has 0 heterocycles. The van der Waals surface area contributed by atoms with Crippen molar-refractivity contribution in [3.63, 3.8) is 0 Å². The number of rotatable bonds is 4. The predicted molar refractivity (Wildman–Crippen MR) is 67.6 cm³/mol. The summed E-state index contributed by atoms with van der Waals surface area (Å²) in [4.78, 5) is 0. The van der Waals surface area contributed by atoms with Gasteiger partial charge in [0.25, 0.3) is 0 Å². The molecule has 0 unspecified atom stereocenters. The first kappa shape index (κ1) is 11.3. The molecule has 0 amide bonds. The maximum absolute atomic E-state index is 5.68. The molecule has 0 saturated heterocycles. The largest absolute Gasteiger partial charge is 0.127 e. The number of aryl methyl sites for hydroxylation is 2. The monoisotopic (exact) mass is 308 g/mol. The first-order valence-corrected chi connectivity index (χ1v) is 6.22. The number of alkyl halides is 1. The number of hydrogen-bond donors (Lipinski definition) is 0. The second kappa shape index (κ2) is 5.86. The molecule has 0 fully saturated rings. The minimum Gasteiger partial charge on any atom is -0.127 e. The molecule has 0 bridgehead atoms. The molecular weight excluding hydrogens is 294 g/mol. The Bertz CT molecular complexity index is 271. The number of halogens is 2. The van der Waals surface area contributed by atoms with Gasteiger partial charge in [-0.2, -0.15) is 0 Å². The molecule has 0 aliphatic heterocycles. The summed E-state index contributed by atoms with van der Waals surface area (Å²) >= 11 is 8.03. The maximum Gasteiger partial charge on any atom is 0.0226 e. The molecule has 0 saturated carbocycles. The van der Waals surface area contributed by atoms with Gasteiger partial charge in [-0.25, -0.2) is 0 Å². The summed E-state index contributed by atoms with van der Waals surface area (Å²) in [5.41, 5.74) is 2.93. The highest BCUT2D eigenvalue weighted by Crippen LogP contribution is 2.16. The van der Waals surface area contributed by atoms with Crippen molar-refractivity contribution in [2.75, 3.05) is 5.88 Å². The van der Waals surface area contributed by atoms with E-state index in [-0.39, 0.29) is 0 Å². The van der Waals surface area contributed by atoms with Gasteiger partial charge in [-0.1, -0.05) is 13.0 Å². The second-order valence-corrected chi connectivity index (χ2v) is 4.68. The molecule has 0 aliphatic rings. The summed E-state index contributed by atoms with van der Waals surface area (Å²) in [6, 6.07) is 6.67. The Kier molecular flexibility index (Phi) is 5.10. The summed E-state index contributed by atoms with van der Waals surface area (Å²) in [7, 11) is 0. The van der Waals surface area contributed by atoms with Gasteiger partial charge in [-0.15, -0.1) is 11.6 Å². The molecule has 0 atom stereocenters. The molecule has 13 heavy (non-hydrogen) atoms. The average Bonchev–Trinajstić information content (AvgIpc) is 2.16. The van der Waals surface area contributed by atoms with Crippen LogP contribution in [-0.4, -0.2) is 5.88 Å². The summed E-state index contributed by atoms with van der Waals surface area (Å²) in [5, 5.41) is 0. The zero-order valence-corrected chi connectivity index (χ0v) is 10.7. The van der Waals surface area contributed by atoms with Crippen molar-refractivity contribution in [1.82, 2.24) is 0 Å². The predicted octanol–water partition coefficient (Wildman–Crippen LogP) is 4.03. The lowest BCUT2D eigenvalue weighted by Crippen LogP contribution is -1.94. The molecule has 0 nitrogen and oxygen atoms in total. The minimum atomic E-state index is 0.759. The Morgan fingerprint density at radius 1 is 1.31 bits per heavy atom. The van der Waals surface area contributed by atoms with Crippen LogP contribution in [0.5, 0.6) is 0 Å². The fourth-order valence-corrected chi connectivity index (χ4v) is 2.11. The highest BCUT2D eigenvalue weighted by atomic mass is 127. The molecular formula is C11H14ClI. The van der Waals surface area contributed by atoms with Crippen LogP contribution < -0.4 is 0 Å². The Morgan fingerprint density at radius 2 is 2.08 bits per heavy atom. The normalized spacial score (nSPS) is 10.4. The van der Waals surface area contributed by atoms with E-state index in [0.717, 1.165) is 25.1 Å². The van der Waals surface area contributed by atoms with Gasteiger partial charge >= 0.3 is 0 Å². The van der Waals surface area contributed by atoms with Crippen molar-refractivity contribution in [2.24, 2.45) is 0 Å². The van der Waals surface area contributed by atoms with Crippen LogP contribution in [0.15, 0.2) is 18.2 Å². The SMILES string of the molecule is CCc1cc(I)ccc1CCCCl. The third kappa shape index (κ3) is 3.47. The molecule has 2 heteroatoms. The van der Waals surface area contributed by atoms with Crippen LogP contribution >= 0.6 is 34.2 Å². The summed E-state index contributed by atoms with van der Waals surface area (Å²) in [5.74, 6) is 0.759. The minimum absolute atomic E-state index is 0.759. The lowest BCUT2D eigenvalue weighted by molar-refractivity contribution is 0.904. The van der Waals surface area contributed by atoms with E-state index in [1.165, 1.54) is 14.7 Å². The van der Waals surface area contributed by atoms with Gasteiger partial charge in [0.15, 0.2) is 0 Å². The Hall–Kier alpha value is 0.240. The van der Waals surface area contributed by atoms with Crippen LogP contribution in [0.1, 0.15) is 24.5 Å². The van der Waals surface area contributed by atoms with E-state index in [1.807, 2.05) is 0 Å². The van der Waals surface area contributed by atoms with E-state index in [0.29, 0.717) is 0 Å². The van der Waals surface area contributed by atoms with Crippen LogP contribution in [0.2, 0.25) is 0 Å². The first-order valence-electron chi connectivity index (χ1n) is 4.61. The topological polar surface area (TPSA) is 0 Å². The third-order valence-corrected chi connectivity index (χ3v) is 3.07. The average molecular weight is 309 g/mol. The van der Waals surface area contributed by atoms with Crippen LogP contribution in [0, 0.1) is 3.57 Å². The van der Waals surface area contributed by atoms with E-state index < -0.39 is 0 Å². The van der Waals surface area contributed by atoms with Gasteiger partial charge in [0.1, 0.15) is 0 Å². The van der Waals surface area contributed by atoms with E-state index in [4.69, 9.17) is 11.6 Å².